The molecule has 2 heterocycles. The van der Waals surface area contributed by atoms with Gasteiger partial charge in [-0.2, -0.15) is 0 Å². The van der Waals surface area contributed by atoms with Crippen molar-refractivity contribution in [3.05, 3.63) is 35.9 Å². The molecular formula is C25H40IN5O. The molecule has 0 bridgehead atoms. The van der Waals surface area contributed by atoms with Gasteiger partial charge in [0, 0.05) is 51.7 Å². The number of rotatable bonds is 7. The quantitative estimate of drug-likeness (QED) is 0.310. The number of hydrogen-bond donors (Lipinski definition) is 2. The van der Waals surface area contributed by atoms with Crippen molar-refractivity contribution in [3.8, 4) is 0 Å². The van der Waals surface area contributed by atoms with Crippen molar-refractivity contribution in [2.24, 2.45) is 16.8 Å². The Morgan fingerprint density at radius 3 is 2.59 bits per heavy atom. The molecule has 2 aliphatic heterocycles. The van der Waals surface area contributed by atoms with E-state index in [2.05, 4.69) is 55.8 Å². The lowest BCUT2D eigenvalue weighted by molar-refractivity contribution is -0.134. The van der Waals surface area contributed by atoms with E-state index in [1.54, 1.807) is 0 Å². The fraction of sp³-hybridized carbons (Fsp3) is 0.680. The van der Waals surface area contributed by atoms with Crippen molar-refractivity contribution >= 4 is 35.8 Å². The van der Waals surface area contributed by atoms with Crippen LogP contribution in [0.5, 0.6) is 0 Å². The summed E-state index contributed by atoms with van der Waals surface area (Å²) in [4.78, 5) is 21.8. The number of nitrogens with one attached hydrogen (secondary N) is 2. The summed E-state index contributed by atoms with van der Waals surface area (Å²) >= 11 is 0. The number of guanidine groups is 1. The van der Waals surface area contributed by atoms with E-state index in [1.807, 2.05) is 7.05 Å². The Morgan fingerprint density at radius 1 is 1.06 bits per heavy atom. The predicted octanol–water partition coefficient (Wildman–Crippen LogP) is 3.13. The molecule has 2 unspecified atom stereocenters. The van der Waals surface area contributed by atoms with Crippen LogP contribution in [0.2, 0.25) is 0 Å². The summed E-state index contributed by atoms with van der Waals surface area (Å²) in [6.07, 6.45) is 7.98. The number of aliphatic imine (C=N–C) groups is 1. The van der Waals surface area contributed by atoms with Gasteiger partial charge < -0.3 is 20.4 Å². The van der Waals surface area contributed by atoms with Crippen molar-refractivity contribution in [1.82, 2.24) is 20.4 Å². The first-order chi connectivity index (χ1) is 15.2. The van der Waals surface area contributed by atoms with Crippen LogP contribution in [0.4, 0.5) is 0 Å². The zero-order valence-corrected chi connectivity index (χ0v) is 21.8. The van der Waals surface area contributed by atoms with Gasteiger partial charge in [0.2, 0.25) is 5.91 Å². The Hall–Kier alpha value is -1.35. The maximum absolute atomic E-state index is 12.7. The van der Waals surface area contributed by atoms with Crippen LogP contribution in [0.25, 0.3) is 0 Å². The Labute approximate surface area is 210 Å². The molecule has 0 radical (unpaired) electrons. The van der Waals surface area contributed by atoms with Crippen molar-refractivity contribution in [2.75, 3.05) is 46.3 Å². The number of hydrogen-bond acceptors (Lipinski definition) is 3. The van der Waals surface area contributed by atoms with E-state index in [1.165, 1.54) is 31.4 Å². The van der Waals surface area contributed by atoms with Gasteiger partial charge in [-0.3, -0.25) is 9.79 Å². The molecule has 178 valence electrons. The summed E-state index contributed by atoms with van der Waals surface area (Å²) < 4.78 is 0. The molecule has 1 aromatic carbocycles. The van der Waals surface area contributed by atoms with Gasteiger partial charge in [0.1, 0.15) is 0 Å². The van der Waals surface area contributed by atoms with E-state index in [0.717, 1.165) is 64.4 Å². The van der Waals surface area contributed by atoms with Gasteiger partial charge in [0.15, 0.2) is 5.96 Å². The third-order valence-corrected chi connectivity index (χ3v) is 7.26. The molecule has 3 aliphatic rings. The minimum atomic E-state index is 0. The van der Waals surface area contributed by atoms with Gasteiger partial charge >= 0.3 is 0 Å². The lowest BCUT2D eigenvalue weighted by atomic mass is 10.1. The lowest BCUT2D eigenvalue weighted by Crippen LogP contribution is -2.46. The van der Waals surface area contributed by atoms with Crippen LogP contribution >= 0.6 is 24.0 Å². The second-order valence-corrected chi connectivity index (χ2v) is 9.54. The van der Waals surface area contributed by atoms with E-state index < -0.39 is 0 Å². The summed E-state index contributed by atoms with van der Waals surface area (Å²) in [5, 5.41) is 7.09. The van der Waals surface area contributed by atoms with E-state index >= 15 is 0 Å². The van der Waals surface area contributed by atoms with Crippen molar-refractivity contribution < 1.29 is 4.79 Å². The van der Waals surface area contributed by atoms with Crippen LogP contribution < -0.4 is 10.6 Å². The number of halogens is 1. The van der Waals surface area contributed by atoms with Crippen LogP contribution in [-0.4, -0.2) is 74.0 Å². The van der Waals surface area contributed by atoms with E-state index in [9.17, 15) is 4.79 Å². The van der Waals surface area contributed by atoms with Crippen LogP contribution in [-0.2, 0) is 11.2 Å². The molecule has 0 aromatic heterocycles. The van der Waals surface area contributed by atoms with Gasteiger partial charge in [0.25, 0.3) is 0 Å². The lowest BCUT2D eigenvalue weighted by Gasteiger charge is -2.22. The third-order valence-electron chi connectivity index (χ3n) is 7.26. The first-order valence-electron chi connectivity index (χ1n) is 12.2. The maximum Gasteiger partial charge on any atom is 0.225 e. The van der Waals surface area contributed by atoms with Gasteiger partial charge in [-0.25, -0.2) is 0 Å². The summed E-state index contributed by atoms with van der Waals surface area (Å²) in [5.74, 6) is 2.20. The summed E-state index contributed by atoms with van der Waals surface area (Å²) in [6, 6.07) is 11.1. The smallest absolute Gasteiger partial charge is 0.225 e. The molecule has 2 saturated heterocycles. The highest BCUT2D eigenvalue weighted by molar-refractivity contribution is 14.0. The van der Waals surface area contributed by atoms with Gasteiger partial charge in [-0.05, 0) is 50.1 Å². The average molecular weight is 554 g/mol. The average Bonchev–Trinajstić information content (AvgIpc) is 3.57. The number of benzene rings is 1. The molecule has 1 saturated carbocycles. The second-order valence-electron chi connectivity index (χ2n) is 9.54. The SMILES string of the molecule is CN=C(NCC1CCN(CCc2ccccc2)C1)NC1CCN(C(=O)C2CCCC2)C1.I. The fourth-order valence-corrected chi connectivity index (χ4v) is 5.35. The van der Waals surface area contributed by atoms with Gasteiger partial charge in [-0.15, -0.1) is 24.0 Å². The molecule has 1 aliphatic carbocycles. The van der Waals surface area contributed by atoms with Crippen LogP contribution in [0, 0.1) is 11.8 Å². The van der Waals surface area contributed by atoms with Gasteiger partial charge in [-0.1, -0.05) is 43.2 Å². The Kier molecular flexibility index (Phi) is 10.1. The van der Waals surface area contributed by atoms with Crippen LogP contribution in [0.15, 0.2) is 35.3 Å². The molecule has 4 rings (SSSR count). The highest BCUT2D eigenvalue weighted by atomic mass is 127. The highest BCUT2D eigenvalue weighted by Crippen LogP contribution is 2.27. The van der Waals surface area contributed by atoms with Crippen molar-refractivity contribution in [1.29, 1.82) is 0 Å². The Balaban J connectivity index is 0.00000289. The zero-order valence-electron chi connectivity index (χ0n) is 19.5. The Bertz CT molecular complexity index is 737. The summed E-state index contributed by atoms with van der Waals surface area (Å²) in [6.45, 7) is 6.13. The van der Waals surface area contributed by atoms with Crippen molar-refractivity contribution in [3.63, 3.8) is 0 Å². The minimum absolute atomic E-state index is 0. The van der Waals surface area contributed by atoms with Crippen LogP contribution in [0.1, 0.15) is 44.1 Å². The molecule has 6 nitrogen and oxygen atoms in total. The topological polar surface area (TPSA) is 60.0 Å². The fourth-order valence-electron chi connectivity index (χ4n) is 5.35. The minimum Gasteiger partial charge on any atom is -0.356 e. The normalized spacial score (nSPS) is 24.5. The first-order valence-corrected chi connectivity index (χ1v) is 12.2. The first kappa shape index (κ1) is 25.3. The molecule has 1 amide bonds. The molecular weight excluding hydrogens is 513 g/mol. The van der Waals surface area contributed by atoms with Gasteiger partial charge in [0.05, 0.1) is 0 Å². The number of amides is 1. The monoisotopic (exact) mass is 553 g/mol. The number of nitrogens with zero attached hydrogens (tertiary/aromatic N) is 3. The number of likely N-dealkylation sites (tertiary alicyclic amines) is 2. The van der Waals surface area contributed by atoms with E-state index in [0.29, 0.717) is 17.9 Å². The molecule has 1 aromatic rings. The molecule has 0 spiro atoms. The van der Waals surface area contributed by atoms with Crippen molar-refractivity contribution in [2.45, 2.75) is 51.0 Å². The summed E-state index contributed by atoms with van der Waals surface area (Å²) in [5.41, 5.74) is 1.42. The molecule has 2 N–H and O–H groups in total. The molecule has 32 heavy (non-hydrogen) atoms. The summed E-state index contributed by atoms with van der Waals surface area (Å²) in [7, 11) is 1.84. The third kappa shape index (κ3) is 7.07. The highest BCUT2D eigenvalue weighted by Gasteiger charge is 2.32. The zero-order chi connectivity index (χ0) is 21.5. The maximum atomic E-state index is 12.7. The van der Waals surface area contributed by atoms with E-state index in [-0.39, 0.29) is 29.9 Å². The second kappa shape index (κ2) is 12.8. The van der Waals surface area contributed by atoms with E-state index in [4.69, 9.17) is 0 Å². The Morgan fingerprint density at radius 2 is 1.84 bits per heavy atom. The molecule has 7 heteroatoms. The number of carbonyl (C=O) groups excluding carboxylic acids is 1. The largest absolute Gasteiger partial charge is 0.356 e. The van der Waals surface area contributed by atoms with Crippen LogP contribution in [0.3, 0.4) is 0 Å². The predicted molar refractivity (Wildman–Crippen MR) is 142 cm³/mol. The molecule has 2 atom stereocenters. The standard InChI is InChI=1S/C25H39N5O.HI/c1-26-25(28-23-13-16-30(19-23)24(31)22-9-5-6-10-22)27-17-21-12-15-29(18-21)14-11-20-7-3-2-4-8-20;/h2-4,7-8,21-23H,5-6,9-19H2,1H3,(H2,26,27,28);1H. The number of carbonyl (C=O) groups is 1. The molecule has 3 fully saturated rings.